The minimum Gasteiger partial charge on any atom is -0.325 e. The summed E-state index contributed by atoms with van der Waals surface area (Å²) < 4.78 is 0. The van der Waals surface area contributed by atoms with E-state index in [4.69, 9.17) is 0 Å². The van der Waals surface area contributed by atoms with Crippen LogP contribution in [-0.2, 0) is 4.79 Å². The smallest absolute Gasteiger partial charge is 0.232 e. The molecule has 3 aromatic carbocycles. The largest absolute Gasteiger partial charge is 0.325 e. The van der Waals surface area contributed by atoms with Crippen LogP contribution < -0.4 is 15.9 Å². The standard InChI is InChI=1S/C26H30NOP.C3H6/c1-5-12-24(26(28)27-25-20(3)17-19(2)18-21(25)4)29(22-13-8-6-9-14-22)23-15-10-7-11-16-23;1-3-2/h6-11,13-18,24H,5,12H2,1-4H3,(H,27,28);3H,1H2,2H3. The Balaban J connectivity index is 0.00000114. The third-order valence-electron chi connectivity index (χ3n) is 5.17. The van der Waals surface area contributed by atoms with E-state index in [-0.39, 0.29) is 11.6 Å². The van der Waals surface area contributed by atoms with Crippen molar-refractivity contribution in [3.63, 3.8) is 0 Å². The number of nitrogens with one attached hydrogen (secondary N) is 1. The summed E-state index contributed by atoms with van der Waals surface area (Å²) in [4.78, 5) is 13.6. The quantitative estimate of drug-likeness (QED) is 0.307. The van der Waals surface area contributed by atoms with E-state index in [0.29, 0.717) is 0 Å². The SMILES string of the molecule is C=CC.CCCC(C(=O)Nc1c(C)cc(C)cc1C)P(c1ccccc1)c1ccccc1. The lowest BCUT2D eigenvalue weighted by Crippen LogP contribution is -2.33. The van der Waals surface area contributed by atoms with Gasteiger partial charge in [0.05, 0.1) is 5.66 Å². The third kappa shape index (κ3) is 6.90. The van der Waals surface area contributed by atoms with Gasteiger partial charge in [0.25, 0.3) is 0 Å². The fourth-order valence-electron chi connectivity index (χ4n) is 3.92. The highest BCUT2D eigenvalue weighted by Gasteiger charge is 2.30. The van der Waals surface area contributed by atoms with Crippen LogP contribution >= 0.6 is 7.92 Å². The number of carbonyl (C=O) groups excluding carboxylic acids is 1. The van der Waals surface area contributed by atoms with Gasteiger partial charge in [-0.3, -0.25) is 4.79 Å². The Kier molecular flexibility index (Phi) is 10.4. The summed E-state index contributed by atoms with van der Waals surface area (Å²) in [6.07, 6.45) is 3.59. The average Bonchev–Trinajstić information content (AvgIpc) is 2.78. The molecule has 0 saturated heterocycles. The van der Waals surface area contributed by atoms with Crippen LogP contribution in [0, 0.1) is 20.8 Å². The van der Waals surface area contributed by atoms with E-state index in [1.807, 2.05) is 19.1 Å². The monoisotopic (exact) mass is 445 g/mol. The first-order valence-corrected chi connectivity index (χ1v) is 12.7. The fourth-order valence-corrected chi connectivity index (χ4v) is 6.74. The zero-order chi connectivity index (χ0) is 23.5. The van der Waals surface area contributed by atoms with E-state index in [2.05, 4.69) is 100 Å². The highest BCUT2D eigenvalue weighted by molar-refractivity contribution is 7.74. The van der Waals surface area contributed by atoms with Gasteiger partial charge < -0.3 is 5.32 Å². The number of allylic oxidation sites excluding steroid dienone is 1. The van der Waals surface area contributed by atoms with Crippen LogP contribution in [0.5, 0.6) is 0 Å². The molecule has 0 bridgehead atoms. The molecule has 168 valence electrons. The van der Waals surface area contributed by atoms with Crippen molar-refractivity contribution in [3.05, 3.63) is 102 Å². The molecule has 3 aromatic rings. The zero-order valence-electron chi connectivity index (χ0n) is 20.1. The molecule has 1 amide bonds. The Hall–Kier alpha value is -2.70. The summed E-state index contributed by atoms with van der Waals surface area (Å²) in [5, 5.41) is 5.79. The van der Waals surface area contributed by atoms with Crippen LogP contribution in [0.2, 0.25) is 0 Å². The summed E-state index contributed by atoms with van der Waals surface area (Å²) in [5.74, 6) is 0.126. The van der Waals surface area contributed by atoms with E-state index < -0.39 is 7.92 Å². The normalized spacial score (nSPS) is 11.3. The van der Waals surface area contributed by atoms with Crippen molar-refractivity contribution in [1.29, 1.82) is 0 Å². The maximum Gasteiger partial charge on any atom is 0.232 e. The van der Waals surface area contributed by atoms with Gasteiger partial charge in [0.1, 0.15) is 0 Å². The summed E-state index contributed by atoms with van der Waals surface area (Å²) in [6.45, 7) is 13.6. The molecule has 0 spiro atoms. The van der Waals surface area contributed by atoms with Crippen LogP contribution in [0.15, 0.2) is 85.5 Å². The second-order valence-corrected chi connectivity index (χ2v) is 10.4. The number of benzene rings is 3. The van der Waals surface area contributed by atoms with Crippen LogP contribution in [0.25, 0.3) is 0 Å². The summed E-state index contributed by atoms with van der Waals surface area (Å²) in [5.41, 5.74) is 4.35. The lowest BCUT2D eigenvalue weighted by Gasteiger charge is -2.28. The van der Waals surface area contributed by atoms with Crippen LogP contribution in [0.4, 0.5) is 5.69 Å². The van der Waals surface area contributed by atoms with Crippen molar-refractivity contribution in [2.45, 2.75) is 53.1 Å². The Morgan fingerprint density at radius 1 is 0.938 bits per heavy atom. The van der Waals surface area contributed by atoms with Crippen LogP contribution in [0.1, 0.15) is 43.4 Å². The number of amides is 1. The van der Waals surface area contributed by atoms with Crippen molar-refractivity contribution in [2.75, 3.05) is 5.32 Å². The molecule has 0 radical (unpaired) electrons. The predicted octanol–water partition coefficient (Wildman–Crippen LogP) is 7.04. The highest BCUT2D eigenvalue weighted by Crippen LogP contribution is 2.42. The van der Waals surface area contributed by atoms with E-state index in [1.54, 1.807) is 6.08 Å². The van der Waals surface area contributed by atoms with Gasteiger partial charge in [0.15, 0.2) is 0 Å². The number of hydrogen-bond donors (Lipinski definition) is 1. The number of anilines is 1. The minimum atomic E-state index is -0.793. The molecule has 1 N–H and O–H groups in total. The van der Waals surface area contributed by atoms with Crippen molar-refractivity contribution in [3.8, 4) is 0 Å². The molecule has 0 aliphatic carbocycles. The van der Waals surface area contributed by atoms with Crippen LogP contribution in [0.3, 0.4) is 0 Å². The second kappa shape index (κ2) is 13.0. The van der Waals surface area contributed by atoms with E-state index in [0.717, 1.165) is 29.7 Å². The molecule has 0 aromatic heterocycles. The third-order valence-corrected chi connectivity index (χ3v) is 8.00. The molecule has 1 unspecified atom stereocenters. The lowest BCUT2D eigenvalue weighted by molar-refractivity contribution is -0.115. The van der Waals surface area contributed by atoms with Crippen LogP contribution in [-0.4, -0.2) is 11.6 Å². The number of hydrogen-bond acceptors (Lipinski definition) is 1. The molecule has 1 atom stereocenters. The predicted molar refractivity (Wildman–Crippen MR) is 143 cm³/mol. The highest BCUT2D eigenvalue weighted by atomic mass is 31.1. The second-order valence-electron chi connectivity index (χ2n) is 8.02. The molecular formula is C29H36NOP. The van der Waals surface area contributed by atoms with Gasteiger partial charge in [-0.25, -0.2) is 0 Å². The molecule has 2 nitrogen and oxygen atoms in total. The number of carbonyl (C=O) groups is 1. The number of rotatable bonds is 7. The average molecular weight is 446 g/mol. The van der Waals surface area contributed by atoms with Crippen molar-refractivity contribution in [2.24, 2.45) is 0 Å². The van der Waals surface area contributed by atoms with Crippen molar-refractivity contribution >= 4 is 30.1 Å². The number of aryl methyl sites for hydroxylation is 3. The van der Waals surface area contributed by atoms with Gasteiger partial charge in [-0.1, -0.05) is 97.8 Å². The first-order chi connectivity index (χ1) is 15.4. The summed E-state index contributed by atoms with van der Waals surface area (Å²) >= 11 is 0. The van der Waals surface area contributed by atoms with Gasteiger partial charge in [-0.15, -0.1) is 6.58 Å². The molecule has 3 rings (SSSR count). The lowest BCUT2D eigenvalue weighted by atomic mass is 10.0. The minimum absolute atomic E-state index is 0.0695. The molecular weight excluding hydrogens is 409 g/mol. The topological polar surface area (TPSA) is 29.1 Å². The molecule has 3 heteroatoms. The van der Waals surface area contributed by atoms with Gasteiger partial charge >= 0.3 is 0 Å². The molecule has 0 heterocycles. The van der Waals surface area contributed by atoms with E-state index in [1.165, 1.54) is 16.2 Å². The molecule has 32 heavy (non-hydrogen) atoms. The molecule has 0 aliphatic rings. The van der Waals surface area contributed by atoms with Gasteiger partial charge in [0.2, 0.25) is 5.91 Å². The first-order valence-electron chi connectivity index (χ1n) is 11.3. The maximum absolute atomic E-state index is 13.6. The first kappa shape index (κ1) is 25.6. The Morgan fingerprint density at radius 3 is 1.78 bits per heavy atom. The molecule has 0 fully saturated rings. The Bertz CT molecular complexity index is 936. The van der Waals surface area contributed by atoms with E-state index in [9.17, 15) is 4.79 Å². The fraction of sp³-hybridized carbons (Fsp3) is 0.276. The Morgan fingerprint density at radius 2 is 1.38 bits per heavy atom. The van der Waals surface area contributed by atoms with Gasteiger partial charge in [0, 0.05) is 5.69 Å². The summed E-state index contributed by atoms with van der Waals surface area (Å²) in [6, 6.07) is 25.3. The van der Waals surface area contributed by atoms with Gasteiger partial charge in [-0.2, -0.15) is 0 Å². The van der Waals surface area contributed by atoms with Crippen molar-refractivity contribution in [1.82, 2.24) is 0 Å². The molecule has 0 aliphatic heterocycles. The maximum atomic E-state index is 13.6. The molecule has 0 saturated carbocycles. The zero-order valence-corrected chi connectivity index (χ0v) is 21.0. The van der Waals surface area contributed by atoms with Gasteiger partial charge in [-0.05, 0) is 63.8 Å². The van der Waals surface area contributed by atoms with Crippen molar-refractivity contribution < 1.29 is 4.79 Å². The Labute approximate surface area is 195 Å². The van der Waals surface area contributed by atoms with E-state index >= 15 is 0 Å². The summed E-state index contributed by atoms with van der Waals surface area (Å²) in [7, 11) is -0.793.